The summed E-state index contributed by atoms with van der Waals surface area (Å²) in [5.41, 5.74) is 0. The van der Waals surface area contributed by atoms with E-state index >= 15 is 0 Å². The molecule has 0 saturated carbocycles. The number of hydrogen-bond acceptors (Lipinski definition) is 5. The van der Waals surface area contributed by atoms with Crippen LogP contribution in [0.25, 0.3) is 0 Å². The lowest BCUT2D eigenvalue weighted by Gasteiger charge is -2.17. The van der Waals surface area contributed by atoms with Crippen LogP contribution in [0.4, 0.5) is 5.82 Å². The van der Waals surface area contributed by atoms with Crippen LogP contribution in [0.2, 0.25) is 5.15 Å². The summed E-state index contributed by atoms with van der Waals surface area (Å²) in [5, 5.41) is 8.89. The van der Waals surface area contributed by atoms with Gasteiger partial charge in [0.2, 0.25) is 0 Å². The third-order valence-electron chi connectivity index (χ3n) is 1.88. The molecule has 0 fully saturated rings. The molecule has 0 atom stereocenters. The number of aromatic nitrogens is 1. The lowest BCUT2D eigenvalue weighted by atomic mass is 10.4. The number of carbonyl (C=O) groups excluding carboxylic acids is 1. The van der Waals surface area contributed by atoms with Crippen molar-refractivity contribution in [2.75, 3.05) is 25.1 Å². The second kappa shape index (κ2) is 5.67. The van der Waals surface area contributed by atoms with E-state index in [1.165, 1.54) is 6.92 Å². The van der Waals surface area contributed by atoms with Gasteiger partial charge in [-0.05, 0) is 12.1 Å². The fourth-order valence-electron chi connectivity index (χ4n) is 1.12. The van der Waals surface area contributed by atoms with Gasteiger partial charge >= 0.3 is 5.97 Å². The fraction of sp³-hybridized carbons (Fsp3) is 0.400. The van der Waals surface area contributed by atoms with Crippen molar-refractivity contribution in [1.29, 1.82) is 0 Å². The maximum atomic E-state index is 10.7. The van der Waals surface area contributed by atoms with Gasteiger partial charge in [0.15, 0.2) is 10.9 Å². The highest BCUT2D eigenvalue weighted by atomic mass is 35.5. The summed E-state index contributed by atoms with van der Waals surface area (Å²) in [5.74, 6) is 0.394. The first kappa shape index (κ1) is 12.7. The Morgan fingerprint density at radius 1 is 1.62 bits per heavy atom. The van der Waals surface area contributed by atoms with Crippen LogP contribution in [0, 0.1) is 0 Å². The zero-order valence-corrected chi connectivity index (χ0v) is 9.86. The molecule has 16 heavy (non-hydrogen) atoms. The summed E-state index contributed by atoms with van der Waals surface area (Å²) in [7, 11) is 1.78. The first-order valence-electron chi connectivity index (χ1n) is 4.71. The van der Waals surface area contributed by atoms with Crippen LogP contribution in [-0.2, 0) is 4.79 Å². The van der Waals surface area contributed by atoms with Crippen molar-refractivity contribution in [3.05, 3.63) is 17.3 Å². The zero-order valence-electron chi connectivity index (χ0n) is 9.11. The van der Waals surface area contributed by atoms with Crippen molar-refractivity contribution >= 4 is 23.4 Å². The minimum absolute atomic E-state index is 0.0293. The van der Waals surface area contributed by atoms with Gasteiger partial charge in [-0.15, -0.1) is 0 Å². The average Bonchev–Trinajstić information content (AvgIpc) is 2.20. The van der Waals surface area contributed by atoms with E-state index < -0.39 is 5.97 Å². The van der Waals surface area contributed by atoms with Crippen LogP contribution < -0.4 is 9.64 Å². The van der Waals surface area contributed by atoms with Gasteiger partial charge in [0.1, 0.15) is 5.82 Å². The number of aliphatic hydroxyl groups is 1. The van der Waals surface area contributed by atoms with E-state index in [4.69, 9.17) is 21.4 Å². The van der Waals surface area contributed by atoms with Gasteiger partial charge in [-0.1, -0.05) is 11.6 Å². The first-order chi connectivity index (χ1) is 7.54. The number of halogens is 1. The lowest BCUT2D eigenvalue weighted by Crippen LogP contribution is -2.22. The van der Waals surface area contributed by atoms with Crippen molar-refractivity contribution in [1.82, 2.24) is 4.98 Å². The Morgan fingerprint density at radius 3 is 2.81 bits per heavy atom. The van der Waals surface area contributed by atoms with E-state index in [0.717, 1.165) is 0 Å². The molecule has 0 aromatic carbocycles. The molecule has 0 unspecified atom stereocenters. The van der Waals surface area contributed by atoms with E-state index in [1.807, 2.05) is 0 Å². The largest absolute Gasteiger partial charge is 0.423 e. The van der Waals surface area contributed by atoms with Gasteiger partial charge in [0.05, 0.1) is 6.61 Å². The number of pyridine rings is 1. The maximum Gasteiger partial charge on any atom is 0.308 e. The Labute approximate surface area is 98.6 Å². The van der Waals surface area contributed by atoms with Crippen molar-refractivity contribution < 1.29 is 14.6 Å². The van der Waals surface area contributed by atoms with Gasteiger partial charge in [-0.2, -0.15) is 0 Å². The molecule has 0 aliphatic heterocycles. The molecule has 88 valence electrons. The Bertz CT molecular complexity index is 384. The molecule has 1 aromatic rings. The molecule has 6 heteroatoms. The average molecular weight is 245 g/mol. The van der Waals surface area contributed by atoms with Crippen LogP contribution in [-0.4, -0.2) is 36.3 Å². The number of aliphatic hydroxyl groups excluding tert-OH is 1. The second-order valence-electron chi connectivity index (χ2n) is 3.20. The van der Waals surface area contributed by atoms with Gasteiger partial charge in [-0.3, -0.25) is 4.79 Å². The Kier molecular flexibility index (Phi) is 4.52. The highest BCUT2D eigenvalue weighted by Crippen LogP contribution is 2.25. The molecule has 0 saturated heterocycles. The smallest absolute Gasteiger partial charge is 0.308 e. The topological polar surface area (TPSA) is 62.7 Å². The molecule has 1 N–H and O–H groups in total. The third-order valence-corrected chi connectivity index (χ3v) is 2.15. The first-order valence-corrected chi connectivity index (χ1v) is 5.09. The molecular formula is C10H13ClN2O3. The quantitative estimate of drug-likeness (QED) is 0.635. The number of carbonyl (C=O) groups is 1. The van der Waals surface area contributed by atoms with E-state index in [-0.39, 0.29) is 17.5 Å². The standard InChI is InChI=1S/C10H13ClN2O3/c1-7(15)16-8-3-4-9(12-10(8)11)13(2)5-6-14/h3-4,14H,5-6H2,1-2H3. The van der Waals surface area contributed by atoms with Crippen molar-refractivity contribution in [3.63, 3.8) is 0 Å². The van der Waals surface area contributed by atoms with E-state index in [1.54, 1.807) is 24.1 Å². The van der Waals surface area contributed by atoms with Gasteiger partial charge < -0.3 is 14.7 Å². The highest BCUT2D eigenvalue weighted by molar-refractivity contribution is 6.31. The van der Waals surface area contributed by atoms with Crippen LogP contribution in [0.3, 0.4) is 0 Å². The van der Waals surface area contributed by atoms with Crippen LogP contribution in [0.5, 0.6) is 5.75 Å². The molecule has 0 aliphatic carbocycles. The number of hydrogen-bond donors (Lipinski definition) is 1. The molecule has 0 spiro atoms. The number of likely N-dealkylation sites (N-methyl/N-ethyl adjacent to an activating group) is 1. The monoisotopic (exact) mass is 244 g/mol. The van der Waals surface area contributed by atoms with Gasteiger partial charge in [0.25, 0.3) is 0 Å². The summed E-state index contributed by atoms with van der Waals surface area (Å²) in [6.45, 7) is 1.78. The number of anilines is 1. The Morgan fingerprint density at radius 2 is 2.31 bits per heavy atom. The van der Waals surface area contributed by atoms with Crippen LogP contribution in [0.15, 0.2) is 12.1 Å². The summed E-state index contributed by atoms with van der Waals surface area (Å²) >= 11 is 5.84. The van der Waals surface area contributed by atoms with E-state index in [9.17, 15) is 4.79 Å². The summed E-state index contributed by atoms with van der Waals surface area (Å²) in [6.07, 6.45) is 0. The van der Waals surface area contributed by atoms with Crippen LogP contribution >= 0.6 is 11.6 Å². The number of esters is 1. The predicted molar refractivity (Wildman–Crippen MR) is 60.9 cm³/mol. The lowest BCUT2D eigenvalue weighted by molar-refractivity contribution is -0.131. The molecular weight excluding hydrogens is 232 g/mol. The van der Waals surface area contributed by atoms with Gasteiger partial charge in [0, 0.05) is 20.5 Å². The molecule has 0 aliphatic rings. The SMILES string of the molecule is CC(=O)Oc1ccc(N(C)CCO)nc1Cl. The number of nitrogens with zero attached hydrogens (tertiary/aromatic N) is 2. The molecule has 0 bridgehead atoms. The normalized spacial score (nSPS) is 10.0. The Balaban J connectivity index is 2.85. The molecule has 1 aromatic heterocycles. The number of rotatable bonds is 4. The molecule has 5 nitrogen and oxygen atoms in total. The molecule has 0 radical (unpaired) electrons. The van der Waals surface area contributed by atoms with Gasteiger partial charge in [-0.25, -0.2) is 4.98 Å². The molecule has 0 amide bonds. The summed E-state index contributed by atoms with van der Waals surface area (Å²) in [4.78, 5) is 16.5. The predicted octanol–water partition coefficient (Wildman–Crippen LogP) is 1.09. The zero-order chi connectivity index (χ0) is 12.1. The van der Waals surface area contributed by atoms with E-state index in [0.29, 0.717) is 12.4 Å². The summed E-state index contributed by atoms with van der Waals surface area (Å²) in [6, 6.07) is 3.24. The van der Waals surface area contributed by atoms with Crippen molar-refractivity contribution in [3.8, 4) is 5.75 Å². The van der Waals surface area contributed by atoms with Crippen LogP contribution in [0.1, 0.15) is 6.92 Å². The highest BCUT2D eigenvalue weighted by Gasteiger charge is 2.09. The summed E-state index contributed by atoms with van der Waals surface area (Å²) < 4.78 is 4.84. The molecule has 1 heterocycles. The van der Waals surface area contributed by atoms with Crippen molar-refractivity contribution in [2.45, 2.75) is 6.92 Å². The number of ether oxygens (including phenoxy) is 1. The Hall–Kier alpha value is -1.33. The fourth-order valence-corrected chi connectivity index (χ4v) is 1.31. The maximum absolute atomic E-state index is 10.7. The minimum atomic E-state index is -0.444. The van der Waals surface area contributed by atoms with E-state index in [2.05, 4.69) is 4.98 Å². The second-order valence-corrected chi connectivity index (χ2v) is 3.56. The minimum Gasteiger partial charge on any atom is -0.423 e. The molecule has 1 rings (SSSR count). The van der Waals surface area contributed by atoms with Crippen molar-refractivity contribution in [2.24, 2.45) is 0 Å². The third kappa shape index (κ3) is 3.36.